The largest absolute Gasteiger partial charge is 0.368 e. The number of nitrogens with two attached hydrogens (primary N) is 1. The molecule has 2 fully saturated rings. The third kappa shape index (κ3) is 5.15. The molecule has 0 bridgehead atoms. The molecule has 4 N–H and O–H groups in total. The summed E-state index contributed by atoms with van der Waals surface area (Å²) in [5.41, 5.74) is 7.79. The van der Waals surface area contributed by atoms with Crippen LogP contribution in [0.4, 0.5) is 11.8 Å². The highest BCUT2D eigenvalue weighted by Crippen LogP contribution is 2.30. The Morgan fingerprint density at radius 3 is 2.44 bits per heavy atom. The minimum Gasteiger partial charge on any atom is -0.368 e. The minimum absolute atomic E-state index is 0. The van der Waals surface area contributed by atoms with E-state index < -0.39 is 0 Å². The maximum absolute atomic E-state index is 6.02. The van der Waals surface area contributed by atoms with Crippen molar-refractivity contribution in [2.75, 3.05) is 17.2 Å². The Kier molecular flexibility index (Phi) is 7.54. The monoisotopic (exact) mass is 415 g/mol. The molecule has 152 valence electrons. The van der Waals surface area contributed by atoms with Gasteiger partial charge in [-0.25, -0.2) is 4.98 Å². The van der Waals surface area contributed by atoms with Crippen LogP contribution in [0.3, 0.4) is 0 Å². The molecular weight excluding hydrogens is 385 g/mol. The van der Waals surface area contributed by atoms with Crippen molar-refractivity contribution in [3.8, 4) is 0 Å². The number of rotatable bonds is 6. The van der Waals surface area contributed by atoms with Gasteiger partial charge in [0.05, 0.1) is 6.33 Å². The third-order valence-corrected chi connectivity index (χ3v) is 5.34. The maximum Gasteiger partial charge on any atom is 0.227 e. The summed E-state index contributed by atoms with van der Waals surface area (Å²) in [6, 6.07) is 1.07. The molecule has 0 saturated heterocycles. The third-order valence-electron chi connectivity index (χ3n) is 5.34. The van der Waals surface area contributed by atoms with E-state index >= 15 is 0 Å². The Morgan fingerprint density at radius 2 is 1.81 bits per heavy atom. The van der Waals surface area contributed by atoms with E-state index in [4.69, 9.17) is 15.7 Å². The van der Waals surface area contributed by atoms with Gasteiger partial charge < -0.3 is 20.9 Å². The van der Waals surface area contributed by atoms with Gasteiger partial charge in [-0.05, 0) is 58.3 Å². The average Bonchev–Trinajstić information content (AvgIpc) is 3.32. The van der Waals surface area contributed by atoms with Crippen molar-refractivity contribution in [3.63, 3.8) is 0 Å². The Morgan fingerprint density at radius 1 is 1.11 bits per heavy atom. The number of imidazole rings is 1. The molecule has 0 aromatic carbocycles. The molecular formula is C18H31Cl2N7. The van der Waals surface area contributed by atoms with Crippen LogP contribution in [-0.4, -0.2) is 38.1 Å². The van der Waals surface area contributed by atoms with Crippen molar-refractivity contribution in [2.45, 2.75) is 70.5 Å². The molecule has 2 aromatic heterocycles. The number of aromatic nitrogens is 4. The van der Waals surface area contributed by atoms with Gasteiger partial charge >= 0.3 is 0 Å². The number of nitrogens with one attached hydrogen (secondary N) is 2. The van der Waals surface area contributed by atoms with Crippen molar-refractivity contribution in [1.29, 1.82) is 0 Å². The lowest BCUT2D eigenvalue weighted by Gasteiger charge is -2.27. The van der Waals surface area contributed by atoms with Gasteiger partial charge in [0.1, 0.15) is 0 Å². The molecule has 0 amide bonds. The van der Waals surface area contributed by atoms with Gasteiger partial charge in [0.2, 0.25) is 5.95 Å². The van der Waals surface area contributed by atoms with Crippen molar-refractivity contribution in [1.82, 2.24) is 19.5 Å². The summed E-state index contributed by atoms with van der Waals surface area (Å²) >= 11 is 0. The molecule has 0 unspecified atom stereocenters. The fraction of sp³-hybridized carbons (Fsp3) is 0.722. The first-order valence-corrected chi connectivity index (χ1v) is 9.60. The molecule has 0 spiro atoms. The molecule has 7 nitrogen and oxygen atoms in total. The van der Waals surface area contributed by atoms with Gasteiger partial charge in [-0.2, -0.15) is 9.97 Å². The highest BCUT2D eigenvalue weighted by Gasteiger charge is 2.23. The highest BCUT2D eigenvalue weighted by molar-refractivity contribution is 5.86. The van der Waals surface area contributed by atoms with Gasteiger partial charge in [-0.3, -0.25) is 0 Å². The second kappa shape index (κ2) is 9.26. The van der Waals surface area contributed by atoms with Crippen molar-refractivity contribution < 1.29 is 0 Å². The predicted octanol–water partition coefficient (Wildman–Crippen LogP) is 3.75. The Hall–Kier alpha value is -1.31. The van der Waals surface area contributed by atoms with E-state index in [2.05, 4.69) is 34.0 Å². The van der Waals surface area contributed by atoms with Gasteiger partial charge in [0.25, 0.3) is 0 Å². The van der Waals surface area contributed by atoms with Crippen LogP contribution in [0.2, 0.25) is 0 Å². The summed E-state index contributed by atoms with van der Waals surface area (Å²) in [6.45, 7) is 5.27. The molecule has 2 aliphatic carbocycles. The Labute approximate surface area is 173 Å². The smallest absolute Gasteiger partial charge is 0.227 e. The lowest BCUT2D eigenvalue weighted by Crippen LogP contribution is -2.33. The molecule has 0 atom stereocenters. The Balaban J connectivity index is 0.00000131. The summed E-state index contributed by atoms with van der Waals surface area (Å²) in [6.07, 6.45) is 8.79. The Bertz CT molecular complexity index is 737. The van der Waals surface area contributed by atoms with Gasteiger partial charge in [0, 0.05) is 24.7 Å². The van der Waals surface area contributed by atoms with E-state index in [9.17, 15) is 0 Å². The van der Waals surface area contributed by atoms with Crippen LogP contribution >= 0.6 is 24.8 Å². The topological polar surface area (TPSA) is 93.7 Å². The van der Waals surface area contributed by atoms with E-state index in [-0.39, 0.29) is 24.8 Å². The van der Waals surface area contributed by atoms with Crippen molar-refractivity contribution in [2.24, 2.45) is 11.7 Å². The molecule has 2 aromatic rings. The number of hydrogen-bond acceptors (Lipinski definition) is 6. The van der Waals surface area contributed by atoms with Crippen LogP contribution in [0.15, 0.2) is 6.33 Å². The number of halogens is 2. The first kappa shape index (κ1) is 22.0. The summed E-state index contributed by atoms with van der Waals surface area (Å²) in [5, 5.41) is 7.03. The van der Waals surface area contributed by atoms with E-state index in [1.807, 2.05) is 6.33 Å². The second-order valence-corrected chi connectivity index (χ2v) is 7.89. The van der Waals surface area contributed by atoms with E-state index in [0.717, 1.165) is 55.1 Å². The van der Waals surface area contributed by atoms with Crippen LogP contribution in [0, 0.1) is 5.92 Å². The normalized spacial score (nSPS) is 22.2. The van der Waals surface area contributed by atoms with Gasteiger partial charge in [0.15, 0.2) is 17.0 Å². The van der Waals surface area contributed by atoms with Gasteiger partial charge in [-0.1, -0.05) is 0 Å². The van der Waals surface area contributed by atoms with Gasteiger partial charge in [-0.15, -0.1) is 24.8 Å². The second-order valence-electron chi connectivity index (χ2n) is 7.89. The van der Waals surface area contributed by atoms with Crippen LogP contribution in [0.5, 0.6) is 0 Å². The molecule has 2 aliphatic rings. The lowest BCUT2D eigenvalue weighted by molar-refractivity contribution is 0.410. The van der Waals surface area contributed by atoms with E-state index in [0.29, 0.717) is 24.1 Å². The average molecular weight is 416 g/mol. The number of fused-ring (bicyclic) bond motifs is 1. The highest BCUT2D eigenvalue weighted by atomic mass is 35.5. The molecule has 2 saturated carbocycles. The maximum atomic E-state index is 6.02. The lowest BCUT2D eigenvalue weighted by atomic mass is 9.92. The summed E-state index contributed by atoms with van der Waals surface area (Å²) in [5.74, 6) is 2.34. The van der Waals surface area contributed by atoms with Crippen LogP contribution in [0.25, 0.3) is 11.2 Å². The standard InChI is InChI=1S/C18H29N7.2ClH/c1-11(2)25-10-21-15-16(20-9-12-3-4-12)23-18(24-17(15)25)22-14-7-5-13(19)6-8-14;;/h10-14H,3-9,19H2,1-2H3,(H2,20,22,23,24);2*1H/t13-,14-;;. The summed E-state index contributed by atoms with van der Waals surface area (Å²) < 4.78 is 2.11. The number of anilines is 2. The number of hydrogen-bond donors (Lipinski definition) is 3. The van der Waals surface area contributed by atoms with Crippen molar-refractivity contribution in [3.05, 3.63) is 6.33 Å². The van der Waals surface area contributed by atoms with Crippen LogP contribution in [0.1, 0.15) is 58.4 Å². The summed E-state index contributed by atoms with van der Waals surface area (Å²) in [7, 11) is 0. The zero-order valence-corrected chi connectivity index (χ0v) is 17.7. The fourth-order valence-corrected chi connectivity index (χ4v) is 3.49. The predicted molar refractivity (Wildman–Crippen MR) is 115 cm³/mol. The molecule has 0 aliphatic heterocycles. The zero-order chi connectivity index (χ0) is 17.4. The van der Waals surface area contributed by atoms with E-state index in [1.54, 1.807) is 0 Å². The number of nitrogens with zero attached hydrogens (tertiary/aromatic N) is 4. The van der Waals surface area contributed by atoms with Crippen LogP contribution in [-0.2, 0) is 0 Å². The minimum atomic E-state index is 0. The quantitative estimate of drug-likeness (QED) is 0.664. The van der Waals surface area contributed by atoms with Crippen molar-refractivity contribution >= 4 is 47.7 Å². The molecule has 27 heavy (non-hydrogen) atoms. The fourth-order valence-electron chi connectivity index (χ4n) is 3.49. The van der Waals surface area contributed by atoms with Crippen LogP contribution < -0.4 is 16.4 Å². The van der Waals surface area contributed by atoms with E-state index in [1.165, 1.54) is 12.8 Å². The first-order chi connectivity index (χ1) is 12.1. The first-order valence-electron chi connectivity index (χ1n) is 9.60. The molecule has 0 radical (unpaired) electrons. The SMILES string of the molecule is CC(C)n1cnc2c(NCC3CC3)nc(N[C@H]3CC[C@H](N)CC3)nc21.Cl.Cl. The summed E-state index contributed by atoms with van der Waals surface area (Å²) in [4.78, 5) is 14.1. The molecule has 2 heterocycles. The molecule has 9 heteroatoms. The zero-order valence-electron chi connectivity index (χ0n) is 16.0. The molecule has 4 rings (SSSR count).